The van der Waals surface area contributed by atoms with Crippen molar-refractivity contribution in [2.24, 2.45) is 9.98 Å². The first kappa shape index (κ1) is 29.4. The molecule has 0 saturated heterocycles. The number of furan rings is 1. The monoisotopic (exact) mass is 655 g/mol. The SMILES string of the molecule is C1=CC(c2ccc(C3=NC(c4ccccc4)NC(c4ccccc4)=N3)c3oc4cc5ccccc5cc4c23)CC=C1c1cccc2ccccc12. The molecule has 10 rings (SSSR count). The van der Waals surface area contributed by atoms with E-state index in [1.165, 1.54) is 32.9 Å². The molecule has 0 radical (unpaired) electrons. The number of hydrogen-bond donors (Lipinski definition) is 1. The zero-order valence-electron chi connectivity index (χ0n) is 27.8. The van der Waals surface area contributed by atoms with E-state index in [4.69, 9.17) is 14.4 Å². The van der Waals surface area contributed by atoms with Crippen LogP contribution in [0.4, 0.5) is 0 Å². The minimum Gasteiger partial charge on any atom is -0.455 e. The summed E-state index contributed by atoms with van der Waals surface area (Å²) >= 11 is 0. The first-order valence-electron chi connectivity index (χ1n) is 17.5. The number of amidine groups is 2. The van der Waals surface area contributed by atoms with Gasteiger partial charge in [-0.3, -0.25) is 0 Å². The molecule has 2 atom stereocenters. The second-order valence-corrected chi connectivity index (χ2v) is 13.3. The standard InChI is InChI=1S/C47H33N3O/c1-3-13-33(14-4-1)45-48-46(34-15-5-2-6-16-34)50-47(49-45)40-27-26-39(43-41-28-35-17-7-8-18-36(35)29-42(41)51-44(40)43)32-24-22-31(23-25-32)38-21-11-19-30-12-9-10-20-37(30)38/h1-24,26-29,32,45H,25H2,(H,48,49,50). The second kappa shape index (κ2) is 12.1. The van der Waals surface area contributed by atoms with Crippen molar-refractivity contribution < 1.29 is 4.42 Å². The molecule has 7 aromatic carbocycles. The Morgan fingerprint density at radius 2 is 1.35 bits per heavy atom. The van der Waals surface area contributed by atoms with Crippen LogP contribution in [0.25, 0.3) is 49.1 Å². The molecule has 8 aromatic rings. The Hall–Kier alpha value is -6.52. The Bertz CT molecular complexity index is 2750. The molecule has 1 aliphatic heterocycles. The summed E-state index contributed by atoms with van der Waals surface area (Å²) in [4.78, 5) is 10.4. The minimum absolute atomic E-state index is 0.183. The maximum atomic E-state index is 6.89. The van der Waals surface area contributed by atoms with Gasteiger partial charge in [0.15, 0.2) is 5.84 Å². The van der Waals surface area contributed by atoms with E-state index in [1.807, 2.05) is 24.3 Å². The smallest absolute Gasteiger partial charge is 0.163 e. The Kier molecular flexibility index (Phi) is 6.98. The van der Waals surface area contributed by atoms with Crippen LogP contribution in [0.3, 0.4) is 0 Å². The Labute approximate surface area is 295 Å². The third-order valence-electron chi connectivity index (χ3n) is 10.3. The van der Waals surface area contributed by atoms with Crippen molar-refractivity contribution in [1.82, 2.24) is 5.32 Å². The molecule has 0 saturated carbocycles. The van der Waals surface area contributed by atoms with Gasteiger partial charge in [0.1, 0.15) is 23.2 Å². The van der Waals surface area contributed by atoms with Crippen molar-refractivity contribution in [3.05, 3.63) is 198 Å². The average molecular weight is 656 g/mol. The molecule has 0 spiro atoms. The highest BCUT2D eigenvalue weighted by molar-refractivity contribution is 6.21. The molecular formula is C47H33N3O. The van der Waals surface area contributed by atoms with E-state index < -0.39 is 0 Å². The lowest BCUT2D eigenvalue weighted by atomic mass is 9.84. The molecule has 4 heteroatoms. The van der Waals surface area contributed by atoms with Gasteiger partial charge in [0.25, 0.3) is 0 Å². The Morgan fingerprint density at radius 1 is 0.627 bits per heavy atom. The lowest BCUT2D eigenvalue weighted by molar-refractivity contribution is 0.663. The summed E-state index contributed by atoms with van der Waals surface area (Å²) in [5, 5.41) is 10.7. The Morgan fingerprint density at radius 3 is 2.16 bits per heavy atom. The van der Waals surface area contributed by atoms with Crippen LogP contribution >= 0.6 is 0 Å². The zero-order chi connectivity index (χ0) is 33.7. The predicted molar refractivity (Wildman–Crippen MR) is 211 cm³/mol. The predicted octanol–water partition coefficient (Wildman–Crippen LogP) is 11.5. The largest absolute Gasteiger partial charge is 0.455 e. The van der Waals surface area contributed by atoms with Gasteiger partial charge in [-0.15, -0.1) is 0 Å². The molecule has 1 N–H and O–H groups in total. The maximum absolute atomic E-state index is 6.89. The summed E-state index contributed by atoms with van der Waals surface area (Å²) in [6.45, 7) is 0. The number of fused-ring (bicyclic) bond motifs is 5. The summed E-state index contributed by atoms with van der Waals surface area (Å²) in [5.74, 6) is 1.62. The van der Waals surface area contributed by atoms with Crippen molar-refractivity contribution in [3.8, 4) is 0 Å². The van der Waals surface area contributed by atoms with Crippen LogP contribution in [0.15, 0.2) is 184 Å². The van der Waals surface area contributed by atoms with E-state index in [9.17, 15) is 0 Å². The van der Waals surface area contributed by atoms with Gasteiger partial charge in [0, 0.05) is 22.3 Å². The number of nitrogens with zero attached hydrogens (tertiary/aromatic N) is 2. The first-order chi connectivity index (χ1) is 25.3. The normalized spacial score (nSPS) is 17.4. The first-order valence-corrected chi connectivity index (χ1v) is 17.5. The van der Waals surface area contributed by atoms with Crippen molar-refractivity contribution in [1.29, 1.82) is 0 Å². The molecule has 0 bridgehead atoms. The van der Waals surface area contributed by atoms with Crippen LogP contribution in [0.1, 0.15) is 46.3 Å². The molecule has 2 aliphatic rings. The van der Waals surface area contributed by atoms with Gasteiger partial charge < -0.3 is 9.73 Å². The van der Waals surface area contributed by atoms with Gasteiger partial charge in [0.2, 0.25) is 0 Å². The summed E-state index contributed by atoms with van der Waals surface area (Å²) in [6.07, 6.45) is 7.65. The van der Waals surface area contributed by atoms with Crippen LogP contribution in [0.5, 0.6) is 0 Å². The third-order valence-corrected chi connectivity index (χ3v) is 10.3. The summed E-state index contributed by atoms with van der Waals surface area (Å²) < 4.78 is 6.89. The van der Waals surface area contributed by atoms with E-state index in [1.54, 1.807) is 0 Å². The molecule has 0 fully saturated rings. The zero-order valence-corrected chi connectivity index (χ0v) is 27.8. The molecular weight excluding hydrogens is 623 g/mol. The van der Waals surface area contributed by atoms with Crippen LogP contribution < -0.4 is 5.32 Å². The van der Waals surface area contributed by atoms with E-state index in [0.29, 0.717) is 5.84 Å². The van der Waals surface area contributed by atoms with E-state index in [2.05, 4.69) is 151 Å². The van der Waals surface area contributed by atoms with Gasteiger partial charge in [-0.2, -0.15) is 0 Å². The summed E-state index contributed by atoms with van der Waals surface area (Å²) in [6, 6.07) is 53.2. The molecule has 242 valence electrons. The van der Waals surface area contributed by atoms with Gasteiger partial charge in [-0.25, -0.2) is 9.98 Å². The molecule has 4 nitrogen and oxygen atoms in total. The second-order valence-electron chi connectivity index (χ2n) is 13.3. The third kappa shape index (κ3) is 5.15. The molecule has 51 heavy (non-hydrogen) atoms. The van der Waals surface area contributed by atoms with Crippen molar-refractivity contribution in [3.63, 3.8) is 0 Å². The van der Waals surface area contributed by atoms with Crippen LogP contribution in [-0.4, -0.2) is 11.7 Å². The number of aliphatic imine (C=N–C) groups is 2. The van der Waals surface area contributed by atoms with E-state index >= 15 is 0 Å². The summed E-state index contributed by atoms with van der Waals surface area (Å²) in [5.41, 5.74) is 8.43. The number of hydrogen-bond acceptors (Lipinski definition) is 4. The highest BCUT2D eigenvalue weighted by Crippen LogP contribution is 2.42. The fraction of sp³-hybridized carbons (Fsp3) is 0.0638. The maximum Gasteiger partial charge on any atom is 0.163 e. The highest BCUT2D eigenvalue weighted by atomic mass is 16.3. The molecule has 2 heterocycles. The number of nitrogens with one attached hydrogen (secondary N) is 1. The van der Waals surface area contributed by atoms with Crippen molar-refractivity contribution in [2.75, 3.05) is 0 Å². The van der Waals surface area contributed by atoms with Gasteiger partial charge in [-0.1, -0.05) is 152 Å². The minimum atomic E-state index is -0.297. The quantitative estimate of drug-likeness (QED) is 0.201. The van der Waals surface area contributed by atoms with Crippen LogP contribution in [-0.2, 0) is 0 Å². The van der Waals surface area contributed by atoms with Crippen LogP contribution in [0.2, 0.25) is 0 Å². The van der Waals surface area contributed by atoms with Gasteiger partial charge >= 0.3 is 0 Å². The topological polar surface area (TPSA) is 49.9 Å². The fourth-order valence-corrected chi connectivity index (χ4v) is 7.72. The lowest BCUT2D eigenvalue weighted by Crippen LogP contribution is -2.33. The van der Waals surface area contributed by atoms with Gasteiger partial charge in [0.05, 0.1) is 5.56 Å². The number of rotatable bonds is 5. The Balaban J connectivity index is 1.14. The fourth-order valence-electron chi connectivity index (χ4n) is 7.72. The molecule has 1 aromatic heterocycles. The van der Waals surface area contributed by atoms with Crippen molar-refractivity contribution >= 4 is 60.7 Å². The number of benzene rings is 7. The molecule has 0 amide bonds. The van der Waals surface area contributed by atoms with Crippen LogP contribution in [0, 0.1) is 0 Å². The van der Waals surface area contributed by atoms with E-state index in [-0.39, 0.29) is 12.1 Å². The van der Waals surface area contributed by atoms with E-state index in [0.717, 1.165) is 56.3 Å². The molecule has 1 aliphatic carbocycles. The van der Waals surface area contributed by atoms with Gasteiger partial charge in [-0.05, 0) is 68.4 Å². The van der Waals surface area contributed by atoms with Crippen molar-refractivity contribution in [2.45, 2.75) is 18.5 Å². The molecule has 2 unspecified atom stereocenters. The summed E-state index contributed by atoms with van der Waals surface area (Å²) in [7, 11) is 0. The highest BCUT2D eigenvalue weighted by Gasteiger charge is 2.26. The average Bonchev–Trinajstić information content (AvgIpc) is 3.58. The lowest BCUT2D eigenvalue weighted by Gasteiger charge is -2.24. The number of allylic oxidation sites excluding steroid dienone is 4.